The van der Waals surface area contributed by atoms with E-state index >= 15 is 0 Å². The van der Waals surface area contributed by atoms with Gasteiger partial charge in [-0.1, -0.05) is 6.92 Å². The number of rotatable bonds is 6. The fraction of sp³-hybridized carbons (Fsp3) is 0.455. The minimum atomic E-state index is -4.08. The number of aromatic nitrogens is 1. The molecule has 0 fully saturated rings. The van der Waals surface area contributed by atoms with Crippen molar-refractivity contribution in [1.29, 1.82) is 0 Å². The summed E-state index contributed by atoms with van der Waals surface area (Å²) in [6, 6.07) is 0.309. The van der Waals surface area contributed by atoms with Crippen molar-refractivity contribution >= 4 is 16.0 Å². The summed E-state index contributed by atoms with van der Waals surface area (Å²) in [6.45, 7) is 2.65. The van der Waals surface area contributed by atoms with E-state index in [-0.39, 0.29) is 4.90 Å². The highest BCUT2D eigenvalue weighted by Gasteiger charge is 2.30. The average molecular weight is 290 g/mol. The Bertz CT molecular complexity index is 562. The number of carbonyl (C=O) groups is 1. The zero-order valence-corrected chi connectivity index (χ0v) is 11.4. The van der Waals surface area contributed by atoms with Gasteiger partial charge >= 0.3 is 5.97 Å². The first-order valence-corrected chi connectivity index (χ1v) is 7.07. The van der Waals surface area contributed by atoms with Gasteiger partial charge in [0, 0.05) is 12.2 Å². The molecule has 1 atom stereocenters. The Hall–Kier alpha value is -1.54. The minimum Gasteiger partial charge on any atom is -0.480 e. The Morgan fingerprint density at radius 3 is 2.63 bits per heavy atom. The lowest BCUT2D eigenvalue weighted by atomic mass is 10.2. The molecule has 1 N–H and O–H groups in total. The van der Waals surface area contributed by atoms with Gasteiger partial charge in [-0.25, -0.2) is 12.8 Å². The minimum absolute atomic E-state index is 0.353. The van der Waals surface area contributed by atoms with E-state index in [4.69, 9.17) is 5.11 Å². The van der Waals surface area contributed by atoms with Crippen LogP contribution in [0, 0.1) is 5.82 Å². The molecule has 0 amide bonds. The number of pyridine rings is 1. The lowest BCUT2D eigenvalue weighted by Gasteiger charge is -2.25. The predicted octanol–water partition coefficient (Wildman–Crippen LogP) is 1.09. The molecule has 0 saturated carbocycles. The standard InChI is InChI=1S/C11H15FN2O4S/c1-3-8(2)14(7-11(15)16)19(17,18)10-4-9(12)5-13-6-10/h4-6,8H,3,7H2,1-2H3,(H,15,16). The van der Waals surface area contributed by atoms with E-state index in [1.807, 2.05) is 0 Å². The molecule has 0 aliphatic carbocycles. The van der Waals surface area contributed by atoms with Crippen molar-refractivity contribution in [2.75, 3.05) is 6.54 Å². The molecule has 0 aromatic carbocycles. The number of hydrogen-bond acceptors (Lipinski definition) is 4. The molecule has 0 spiro atoms. The van der Waals surface area contributed by atoms with Crippen LogP contribution in [0.4, 0.5) is 4.39 Å². The molecule has 0 aliphatic rings. The Balaban J connectivity index is 3.23. The zero-order chi connectivity index (χ0) is 14.6. The van der Waals surface area contributed by atoms with Gasteiger partial charge in [0.05, 0.1) is 6.20 Å². The molecule has 0 saturated heterocycles. The third-order valence-electron chi connectivity index (χ3n) is 2.66. The molecule has 19 heavy (non-hydrogen) atoms. The van der Waals surface area contributed by atoms with Gasteiger partial charge in [-0.05, 0) is 19.4 Å². The second-order valence-electron chi connectivity index (χ2n) is 4.04. The van der Waals surface area contributed by atoms with Gasteiger partial charge < -0.3 is 5.11 Å². The molecular weight excluding hydrogens is 275 g/mol. The van der Waals surface area contributed by atoms with Crippen LogP contribution >= 0.6 is 0 Å². The van der Waals surface area contributed by atoms with Crippen LogP contribution in [0.15, 0.2) is 23.4 Å². The van der Waals surface area contributed by atoms with Crippen LogP contribution in [-0.2, 0) is 14.8 Å². The Morgan fingerprint density at radius 2 is 2.16 bits per heavy atom. The summed E-state index contributed by atoms with van der Waals surface area (Å²) in [5, 5.41) is 8.80. The summed E-state index contributed by atoms with van der Waals surface area (Å²) >= 11 is 0. The van der Waals surface area contributed by atoms with E-state index in [0.29, 0.717) is 6.42 Å². The molecule has 0 aliphatic heterocycles. The summed E-state index contributed by atoms with van der Waals surface area (Å²) in [5.74, 6) is -2.06. The molecule has 1 rings (SSSR count). The number of nitrogens with zero attached hydrogens (tertiary/aromatic N) is 2. The van der Waals surface area contributed by atoms with Crippen molar-refractivity contribution in [2.45, 2.75) is 31.2 Å². The summed E-state index contributed by atoms with van der Waals surface area (Å²) < 4.78 is 38.4. The molecule has 6 nitrogen and oxygen atoms in total. The maximum atomic E-state index is 13.0. The fourth-order valence-corrected chi connectivity index (χ4v) is 3.11. The number of carboxylic acids is 1. The van der Waals surface area contributed by atoms with Crippen LogP contribution < -0.4 is 0 Å². The Kier molecular flexibility index (Phi) is 4.96. The lowest BCUT2D eigenvalue weighted by Crippen LogP contribution is -2.41. The Morgan fingerprint density at radius 1 is 1.53 bits per heavy atom. The molecule has 1 aromatic rings. The second-order valence-corrected chi connectivity index (χ2v) is 5.93. The highest BCUT2D eigenvalue weighted by atomic mass is 32.2. The second kappa shape index (κ2) is 6.07. The van der Waals surface area contributed by atoms with Crippen LogP contribution in [0.1, 0.15) is 20.3 Å². The van der Waals surface area contributed by atoms with Crippen molar-refractivity contribution in [2.24, 2.45) is 0 Å². The van der Waals surface area contributed by atoms with Crippen LogP contribution in [0.2, 0.25) is 0 Å². The average Bonchev–Trinajstić information content (AvgIpc) is 2.34. The number of sulfonamides is 1. The molecule has 0 radical (unpaired) electrons. The monoisotopic (exact) mass is 290 g/mol. The van der Waals surface area contributed by atoms with E-state index in [9.17, 15) is 17.6 Å². The molecule has 8 heteroatoms. The number of carboxylic acid groups (broad SMARTS) is 1. The lowest BCUT2D eigenvalue weighted by molar-refractivity contribution is -0.137. The van der Waals surface area contributed by atoms with Gasteiger partial charge in [0.2, 0.25) is 10.0 Å². The number of aliphatic carboxylic acids is 1. The van der Waals surface area contributed by atoms with Crippen LogP contribution in [0.3, 0.4) is 0 Å². The van der Waals surface area contributed by atoms with E-state index in [0.717, 1.165) is 22.8 Å². The van der Waals surface area contributed by atoms with Crippen LogP contribution in [0.5, 0.6) is 0 Å². The fourth-order valence-electron chi connectivity index (χ4n) is 1.48. The van der Waals surface area contributed by atoms with Gasteiger partial charge in [-0.15, -0.1) is 0 Å². The van der Waals surface area contributed by atoms with Crippen LogP contribution in [0.25, 0.3) is 0 Å². The molecule has 1 heterocycles. The first kappa shape index (κ1) is 15.5. The van der Waals surface area contributed by atoms with Crippen LogP contribution in [-0.4, -0.2) is 41.4 Å². The van der Waals surface area contributed by atoms with E-state index < -0.39 is 34.4 Å². The van der Waals surface area contributed by atoms with Crippen molar-refractivity contribution in [1.82, 2.24) is 9.29 Å². The first-order valence-electron chi connectivity index (χ1n) is 5.63. The number of halogens is 1. The summed E-state index contributed by atoms with van der Waals surface area (Å²) in [7, 11) is -4.08. The maximum absolute atomic E-state index is 13.0. The zero-order valence-electron chi connectivity index (χ0n) is 10.6. The molecule has 1 unspecified atom stereocenters. The van der Waals surface area contributed by atoms with Crippen molar-refractivity contribution in [3.05, 3.63) is 24.3 Å². The quantitative estimate of drug-likeness (QED) is 0.847. The molecule has 106 valence electrons. The maximum Gasteiger partial charge on any atom is 0.318 e. The summed E-state index contributed by atoms with van der Waals surface area (Å²) in [4.78, 5) is 13.9. The first-order chi connectivity index (χ1) is 8.78. The summed E-state index contributed by atoms with van der Waals surface area (Å²) in [5.41, 5.74) is 0. The van der Waals surface area contributed by atoms with Crippen molar-refractivity contribution in [3.63, 3.8) is 0 Å². The third-order valence-corrected chi connectivity index (χ3v) is 4.59. The normalized spacial score (nSPS) is 13.5. The van der Waals surface area contributed by atoms with Gasteiger partial charge in [0.25, 0.3) is 0 Å². The summed E-state index contributed by atoms with van der Waals surface area (Å²) in [6.07, 6.45) is 2.31. The van der Waals surface area contributed by atoms with E-state index in [2.05, 4.69) is 4.98 Å². The SMILES string of the molecule is CCC(C)N(CC(=O)O)S(=O)(=O)c1cncc(F)c1. The highest BCUT2D eigenvalue weighted by Crippen LogP contribution is 2.19. The largest absolute Gasteiger partial charge is 0.480 e. The van der Waals surface area contributed by atoms with Gasteiger partial charge in [-0.3, -0.25) is 9.78 Å². The highest BCUT2D eigenvalue weighted by molar-refractivity contribution is 7.89. The van der Waals surface area contributed by atoms with Crippen molar-refractivity contribution < 1.29 is 22.7 Å². The molecule has 1 aromatic heterocycles. The third kappa shape index (κ3) is 3.71. The molecule has 0 bridgehead atoms. The number of hydrogen-bond donors (Lipinski definition) is 1. The Labute approximate surface area is 110 Å². The topological polar surface area (TPSA) is 87.6 Å². The van der Waals surface area contributed by atoms with E-state index in [1.165, 1.54) is 0 Å². The van der Waals surface area contributed by atoms with E-state index in [1.54, 1.807) is 13.8 Å². The van der Waals surface area contributed by atoms with Gasteiger partial charge in [0.1, 0.15) is 17.3 Å². The predicted molar refractivity (Wildman–Crippen MR) is 65.5 cm³/mol. The van der Waals surface area contributed by atoms with Gasteiger partial charge in [-0.2, -0.15) is 4.31 Å². The van der Waals surface area contributed by atoms with Crippen molar-refractivity contribution in [3.8, 4) is 0 Å². The molecular formula is C11H15FN2O4S. The smallest absolute Gasteiger partial charge is 0.318 e. The van der Waals surface area contributed by atoms with Gasteiger partial charge in [0.15, 0.2) is 0 Å².